The van der Waals surface area contributed by atoms with E-state index in [1.54, 1.807) is 24.3 Å². The molecule has 0 aliphatic carbocycles. The van der Waals surface area contributed by atoms with Crippen molar-refractivity contribution in [1.82, 2.24) is 10.2 Å². The number of amides is 3. The van der Waals surface area contributed by atoms with Crippen molar-refractivity contribution < 1.29 is 18.8 Å². The number of thioether (sulfide) groups is 1. The SMILES string of the molecule is O=C(NCCN1C(=O)S/C(=C\c2cccc(Cl)c2Cl)C1=O)c1ccco1. The average Bonchev–Trinajstić information content (AvgIpc) is 3.23. The molecule has 0 spiro atoms. The van der Waals surface area contributed by atoms with Crippen LogP contribution in [0.2, 0.25) is 10.0 Å². The molecule has 1 aliphatic rings. The molecule has 1 N–H and O–H groups in total. The predicted octanol–water partition coefficient (Wildman–Crippen LogP) is 4.05. The van der Waals surface area contributed by atoms with Gasteiger partial charge in [-0.3, -0.25) is 19.3 Å². The summed E-state index contributed by atoms with van der Waals surface area (Å²) in [6.07, 6.45) is 2.91. The van der Waals surface area contributed by atoms with Crippen LogP contribution in [-0.2, 0) is 4.79 Å². The van der Waals surface area contributed by atoms with Crippen molar-refractivity contribution in [3.63, 3.8) is 0 Å². The summed E-state index contributed by atoms with van der Waals surface area (Å²) in [5, 5.41) is 2.85. The number of halogens is 2. The van der Waals surface area contributed by atoms with Crippen molar-refractivity contribution in [2.24, 2.45) is 0 Å². The van der Waals surface area contributed by atoms with Crippen molar-refractivity contribution >= 4 is 58.1 Å². The molecule has 1 aromatic heterocycles. The van der Waals surface area contributed by atoms with Crippen molar-refractivity contribution in [1.29, 1.82) is 0 Å². The van der Waals surface area contributed by atoms with Gasteiger partial charge in [-0.25, -0.2) is 0 Å². The van der Waals surface area contributed by atoms with Crippen LogP contribution in [-0.4, -0.2) is 35.0 Å². The van der Waals surface area contributed by atoms with E-state index in [0.717, 1.165) is 16.7 Å². The molecule has 0 atom stereocenters. The van der Waals surface area contributed by atoms with E-state index >= 15 is 0 Å². The third-order valence-electron chi connectivity index (χ3n) is 3.51. The molecule has 6 nitrogen and oxygen atoms in total. The summed E-state index contributed by atoms with van der Waals surface area (Å²) in [6.45, 7) is 0.167. The Balaban J connectivity index is 1.64. The molecule has 26 heavy (non-hydrogen) atoms. The highest BCUT2D eigenvalue weighted by Crippen LogP contribution is 2.34. The van der Waals surface area contributed by atoms with E-state index < -0.39 is 17.1 Å². The van der Waals surface area contributed by atoms with E-state index in [-0.39, 0.29) is 23.8 Å². The highest BCUT2D eigenvalue weighted by molar-refractivity contribution is 8.18. The highest BCUT2D eigenvalue weighted by Gasteiger charge is 2.34. The Kier molecular flexibility index (Phi) is 5.70. The molecule has 1 aliphatic heterocycles. The van der Waals surface area contributed by atoms with Crippen LogP contribution in [0.4, 0.5) is 4.79 Å². The number of rotatable bonds is 5. The van der Waals surface area contributed by atoms with Crippen LogP contribution in [0.25, 0.3) is 6.08 Å². The fourth-order valence-electron chi connectivity index (χ4n) is 2.24. The lowest BCUT2D eigenvalue weighted by molar-refractivity contribution is -0.122. The molecule has 1 fully saturated rings. The third kappa shape index (κ3) is 3.95. The molecule has 2 heterocycles. The molecular formula is C17H12Cl2N2O4S. The normalized spacial score (nSPS) is 15.8. The fraction of sp³-hybridized carbons (Fsp3) is 0.118. The molecule has 0 radical (unpaired) electrons. The number of nitrogens with zero attached hydrogens (tertiary/aromatic N) is 1. The minimum Gasteiger partial charge on any atom is -0.459 e. The molecule has 134 valence electrons. The fourth-order valence-corrected chi connectivity index (χ4v) is 3.46. The largest absolute Gasteiger partial charge is 0.459 e. The molecule has 3 rings (SSSR count). The molecule has 9 heteroatoms. The van der Waals surface area contributed by atoms with Gasteiger partial charge in [-0.2, -0.15) is 0 Å². The van der Waals surface area contributed by atoms with Gasteiger partial charge in [-0.1, -0.05) is 35.3 Å². The lowest BCUT2D eigenvalue weighted by Crippen LogP contribution is -2.37. The van der Waals surface area contributed by atoms with Crippen molar-refractivity contribution in [3.8, 4) is 0 Å². The Morgan fingerprint density at radius 1 is 1.23 bits per heavy atom. The molecular weight excluding hydrogens is 399 g/mol. The topological polar surface area (TPSA) is 79.6 Å². The second-order valence-corrected chi connectivity index (χ2v) is 6.99. The number of nitrogens with one attached hydrogen (secondary N) is 1. The second kappa shape index (κ2) is 7.99. The van der Waals surface area contributed by atoms with Crippen molar-refractivity contribution in [3.05, 3.63) is 62.9 Å². The Labute approximate surface area is 163 Å². The summed E-state index contributed by atoms with van der Waals surface area (Å²) in [4.78, 5) is 37.6. The molecule has 0 bridgehead atoms. The predicted molar refractivity (Wildman–Crippen MR) is 100 cm³/mol. The van der Waals surface area contributed by atoms with Gasteiger partial charge in [0.15, 0.2) is 5.76 Å². The maximum atomic E-state index is 12.4. The Morgan fingerprint density at radius 3 is 2.77 bits per heavy atom. The van der Waals surface area contributed by atoms with Gasteiger partial charge in [0.25, 0.3) is 17.1 Å². The van der Waals surface area contributed by atoms with Gasteiger partial charge < -0.3 is 9.73 Å². The summed E-state index contributed by atoms with van der Waals surface area (Å²) in [5.74, 6) is -0.693. The first-order valence-corrected chi connectivity index (χ1v) is 9.05. The lowest BCUT2D eigenvalue weighted by atomic mass is 10.2. The van der Waals surface area contributed by atoms with Crippen LogP contribution < -0.4 is 5.32 Å². The van der Waals surface area contributed by atoms with Crippen LogP contribution in [0, 0.1) is 0 Å². The van der Waals surface area contributed by atoms with Crippen LogP contribution in [0.5, 0.6) is 0 Å². The highest BCUT2D eigenvalue weighted by atomic mass is 35.5. The minimum absolute atomic E-state index is 0.0533. The maximum absolute atomic E-state index is 12.4. The summed E-state index contributed by atoms with van der Waals surface area (Å²) in [6, 6.07) is 8.15. The van der Waals surface area contributed by atoms with Gasteiger partial charge in [-0.05, 0) is 41.6 Å². The van der Waals surface area contributed by atoms with Crippen LogP contribution in [0.15, 0.2) is 45.9 Å². The molecule has 3 amide bonds. The molecule has 0 saturated carbocycles. The van der Waals surface area contributed by atoms with Gasteiger partial charge in [0, 0.05) is 13.1 Å². The summed E-state index contributed by atoms with van der Waals surface area (Å²) >= 11 is 12.9. The lowest BCUT2D eigenvalue weighted by Gasteiger charge is -2.12. The number of hydrogen-bond donors (Lipinski definition) is 1. The van der Waals surface area contributed by atoms with E-state index in [4.69, 9.17) is 27.6 Å². The van der Waals surface area contributed by atoms with E-state index in [9.17, 15) is 14.4 Å². The van der Waals surface area contributed by atoms with E-state index in [2.05, 4.69) is 5.32 Å². The maximum Gasteiger partial charge on any atom is 0.293 e. The number of benzene rings is 1. The van der Waals surface area contributed by atoms with Gasteiger partial charge in [0.2, 0.25) is 0 Å². The quantitative estimate of drug-likeness (QED) is 0.751. The van der Waals surface area contributed by atoms with Gasteiger partial charge in [0.1, 0.15) is 0 Å². The van der Waals surface area contributed by atoms with Crippen LogP contribution in [0.3, 0.4) is 0 Å². The number of hydrogen-bond acceptors (Lipinski definition) is 5. The zero-order valence-corrected chi connectivity index (χ0v) is 15.5. The zero-order valence-electron chi connectivity index (χ0n) is 13.2. The number of carbonyl (C=O) groups is 3. The van der Waals surface area contributed by atoms with Crippen molar-refractivity contribution in [2.75, 3.05) is 13.1 Å². The summed E-state index contributed by atoms with van der Waals surface area (Å²) < 4.78 is 4.97. The van der Waals surface area contributed by atoms with E-state index in [0.29, 0.717) is 15.6 Å². The molecule has 0 unspecified atom stereocenters. The van der Waals surface area contributed by atoms with Crippen LogP contribution >= 0.6 is 35.0 Å². The van der Waals surface area contributed by atoms with Crippen molar-refractivity contribution in [2.45, 2.75) is 0 Å². The monoisotopic (exact) mass is 410 g/mol. The van der Waals surface area contributed by atoms with E-state index in [1.165, 1.54) is 18.4 Å². The molecule has 1 aromatic carbocycles. The van der Waals surface area contributed by atoms with Gasteiger partial charge in [0.05, 0.1) is 21.2 Å². The Hall–Kier alpha value is -2.22. The summed E-state index contributed by atoms with van der Waals surface area (Å²) in [5.41, 5.74) is 0.552. The Morgan fingerprint density at radius 2 is 2.04 bits per heavy atom. The molecule has 1 saturated heterocycles. The first kappa shape index (κ1) is 18.6. The minimum atomic E-state index is -0.441. The van der Waals surface area contributed by atoms with E-state index in [1.807, 2.05) is 0 Å². The van der Waals surface area contributed by atoms with Gasteiger partial charge in [-0.15, -0.1) is 0 Å². The second-order valence-electron chi connectivity index (χ2n) is 5.21. The Bertz CT molecular complexity index is 896. The van der Waals surface area contributed by atoms with Gasteiger partial charge >= 0.3 is 0 Å². The molecule has 2 aromatic rings. The average molecular weight is 411 g/mol. The smallest absolute Gasteiger partial charge is 0.293 e. The number of imide groups is 1. The zero-order chi connectivity index (χ0) is 18.7. The number of carbonyl (C=O) groups excluding carboxylic acids is 3. The number of furan rings is 1. The van der Waals surface area contributed by atoms with Crippen LogP contribution in [0.1, 0.15) is 16.1 Å². The third-order valence-corrected chi connectivity index (χ3v) is 5.25. The standard InChI is InChI=1S/C17H12Cl2N2O4S/c18-11-4-1-3-10(14(11)19)9-13-16(23)21(17(24)26-13)7-6-20-15(22)12-5-2-8-25-12/h1-5,8-9H,6-7H2,(H,20,22)/b13-9-. The first-order chi connectivity index (χ1) is 12.5. The summed E-state index contributed by atoms with van der Waals surface area (Å²) in [7, 11) is 0. The first-order valence-electron chi connectivity index (χ1n) is 7.48.